The lowest BCUT2D eigenvalue weighted by Gasteiger charge is -2.22. The standard InChI is InChI=1S/C11H18N2OS/c1-13(8-11-12-5-6-15-11)7-9-3-2-4-10(9)14/h5-6,9-10,14H,2-4,7-8H2,1H3. The SMILES string of the molecule is CN(Cc1nccs1)CC1CCCC1O. The van der Waals surface area contributed by atoms with Crippen molar-refractivity contribution in [2.45, 2.75) is 31.9 Å². The molecule has 2 unspecified atom stereocenters. The van der Waals surface area contributed by atoms with Crippen molar-refractivity contribution in [2.24, 2.45) is 5.92 Å². The summed E-state index contributed by atoms with van der Waals surface area (Å²) in [5.41, 5.74) is 0. The Labute approximate surface area is 94.8 Å². The summed E-state index contributed by atoms with van der Waals surface area (Å²) in [4.78, 5) is 6.53. The quantitative estimate of drug-likeness (QED) is 0.849. The van der Waals surface area contributed by atoms with Crippen molar-refractivity contribution in [1.82, 2.24) is 9.88 Å². The minimum atomic E-state index is -0.0799. The van der Waals surface area contributed by atoms with Gasteiger partial charge in [0.05, 0.1) is 12.6 Å². The molecule has 2 atom stereocenters. The van der Waals surface area contributed by atoms with Gasteiger partial charge in [0.1, 0.15) is 5.01 Å². The number of aliphatic hydroxyl groups is 1. The molecule has 0 aromatic carbocycles. The van der Waals surface area contributed by atoms with Gasteiger partial charge in [0.2, 0.25) is 0 Å². The second-order valence-electron chi connectivity index (χ2n) is 4.38. The topological polar surface area (TPSA) is 36.4 Å². The highest BCUT2D eigenvalue weighted by Crippen LogP contribution is 2.26. The van der Waals surface area contributed by atoms with Gasteiger partial charge >= 0.3 is 0 Å². The lowest BCUT2D eigenvalue weighted by molar-refractivity contribution is 0.108. The van der Waals surface area contributed by atoms with Gasteiger partial charge in [-0.05, 0) is 25.8 Å². The molecule has 15 heavy (non-hydrogen) atoms. The molecule has 4 heteroatoms. The van der Waals surface area contributed by atoms with Crippen LogP contribution >= 0.6 is 11.3 Å². The number of nitrogens with zero attached hydrogens (tertiary/aromatic N) is 2. The lowest BCUT2D eigenvalue weighted by atomic mass is 10.1. The Hall–Kier alpha value is -0.450. The van der Waals surface area contributed by atoms with E-state index in [1.807, 2.05) is 11.6 Å². The van der Waals surface area contributed by atoms with Crippen LogP contribution in [0.15, 0.2) is 11.6 Å². The van der Waals surface area contributed by atoms with E-state index in [1.165, 1.54) is 12.8 Å². The number of aliphatic hydroxyl groups excluding tert-OH is 1. The van der Waals surface area contributed by atoms with Gasteiger partial charge in [-0.1, -0.05) is 6.42 Å². The number of hydrogen-bond acceptors (Lipinski definition) is 4. The molecule has 1 heterocycles. The third-order valence-electron chi connectivity index (χ3n) is 3.05. The van der Waals surface area contributed by atoms with Crippen LogP contribution in [-0.4, -0.2) is 34.7 Å². The van der Waals surface area contributed by atoms with E-state index in [-0.39, 0.29) is 6.10 Å². The molecule has 1 saturated carbocycles. The van der Waals surface area contributed by atoms with E-state index < -0.39 is 0 Å². The highest BCUT2D eigenvalue weighted by Gasteiger charge is 2.26. The summed E-state index contributed by atoms with van der Waals surface area (Å²) in [5.74, 6) is 0.468. The van der Waals surface area contributed by atoms with Crippen LogP contribution < -0.4 is 0 Å². The number of aromatic nitrogens is 1. The first-order valence-electron chi connectivity index (χ1n) is 5.50. The van der Waals surface area contributed by atoms with Crippen molar-refractivity contribution in [3.63, 3.8) is 0 Å². The minimum absolute atomic E-state index is 0.0799. The zero-order valence-corrected chi connectivity index (χ0v) is 9.91. The number of rotatable bonds is 4. The highest BCUT2D eigenvalue weighted by molar-refractivity contribution is 7.09. The van der Waals surface area contributed by atoms with E-state index in [2.05, 4.69) is 16.9 Å². The minimum Gasteiger partial charge on any atom is -0.393 e. The monoisotopic (exact) mass is 226 g/mol. The van der Waals surface area contributed by atoms with Gasteiger partial charge in [-0.25, -0.2) is 4.98 Å². The first-order chi connectivity index (χ1) is 7.25. The van der Waals surface area contributed by atoms with Gasteiger partial charge in [0, 0.05) is 18.1 Å². The molecule has 1 aromatic rings. The average molecular weight is 226 g/mol. The van der Waals surface area contributed by atoms with Crippen molar-refractivity contribution >= 4 is 11.3 Å². The molecular formula is C11H18N2OS. The Morgan fingerprint density at radius 3 is 3.07 bits per heavy atom. The smallest absolute Gasteiger partial charge is 0.107 e. The zero-order valence-electron chi connectivity index (χ0n) is 9.09. The van der Waals surface area contributed by atoms with Crippen LogP contribution in [-0.2, 0) is 6.54 Å². The Kier molecular flexibility index (Phi) is 3.72. The Balaban J connectivity index is 1.79. The summed E-state index contributed by atoms with van der Waals surface area (Å²) in [5, 5.41) is 12.9. The largest absolute Gasteiger partial charge is 0.393 e. The third-order valence-corrected chi connectivity index (χ3v) is 3.82. The molecule has 0 saturated heterocycles. The molecule has 1 fully saturated rings. The summed E-state index contributed by atoms with van der Waals surface area (Å²) in [7, 11) is 2.10. The van der Waals surface area contributed by atoms with Crippen LogP contribution in [0.1, 0.15) is 24.3 Å². The molecule has 3 nitrogen and oxygen atoms in total. The normalized spacial score (nSPS) is 26.3. The zero-order chi connectivity index (χ0) is 10.7. The van der Waals surface area contributed by atoms with Crippen LogP contribution in [0.4, 0.5) is 0 Å². The maximum Gasteiger partial charge on any atom is 0.107 e. The van der Waals surface area contributed by atoms with Gasteiger partial charge in [-0.2, -0.15) is 0 Å². The van der Waals surface area contributed by atoms with Gasteiger partial charge in [-0.3, -0.25) is 4.90 Å². The molecule has 1 aliphatic carbocycles. The first-order valence-corrected chi connectivity index (χ1v) is 6.38. The third kappa shape index (κ3) is 3.00. The molecule has 0 bridgehead atoms. The van der Waals surface area contributed by atoms with Crippen molar-refractivity contribution in [3.05, 3.63) is 16.6 Å². The van der Waals surface area contributed by atoms with E-state index in [0.717, 1.165) is 24.5 Å². The molecule has 0 amide bonds. The molecule has 1 N–H and O–H groups in total. The maximum absolute atomic E-state index is 9.72. The fraction of sp³-hybridized carbons (Fsp3) is 0.727. The van der Waals surface area contributed by atoms with E-state index in [9.17, 15) is 5.11 Å². The van der Waals surface area contributed by atoms with Crippen molar-refractivity contribution in [2.75, 3.05) is 13.6 Å². The van der Waals surface area contributed by atoms with Crippen molar-refractivity contribution in [1.29, 1.82) is 0 Å². The second kappa shape index (κ2) is 5.05. The molecule has 0 spiro atoms. The Morgan fingerprint density at radius 1 is 1.60 bits per heavy atom. The van der Waals surface area contributed by atoms with Gasteiger partial charge < -0.3 is 5.11 Å². The first kappa shape index (κ1) is 11.0. The summed E-state index contributed by atoms with van der Waals surface area (Å²) < 4.78 is 0. The average Bonchev–Trinajstić information content (AvgIpc) is 2.79. The van der Waals surface area contributed by atoms with Gasteiger partial charge in [-0.15, -0.1) is 11.3 Å². The summed E-state index contributed by atoms with van der Waals surface area (Å²) >= 11 is 1.69. The molecule has 84 valence electrons. The van der Waals surface area contributed by atoms with E-state index in [0.29, 0.717) is 5.92 Å². The molecule has 0 aliphatic heterocycles. The van der Waals surface area contributed by atoms with Crippen LogP contribution in [0.5, 0.6) is 0 Å². The van der Waals surface area contributed by atoms with Gasteiger partial charge in [0.25, 0.3) is 0 Å². The van der Waals surface area contributed by atoms with Crippen LogP contribution in [0.3, 0.4) is 0 Å². The predicted molar refractivity (Wildman–Crippen MR) is 61.8 cm³/mol. The highest BCUT2D eigenvalue weighted by atomic mass is 32.1. The summed E-state index contributed by atoms with van der Waals surface area (Å²) in [6.07, 6.45) is 5.10. The van der Waals surface area contributed by atoms with Crippen LogP contribution in [0.2, 0.25) is 0 Å². The van der Waals surface area contributed by atoms with E-state index in [4.69, 9.17) is 0 Å². The summed E-state index contributed by atoms with van der Waals surface area (Å²) in [6.45, 7) is 1.89. The summed E-state index contributed by atoms with van der Waals surface area (Å²) in [6, 6.07) is 0. The van der Waals surface area contributed by atoms with Crippen molar-refractivity contribution < 1.29 is 5.11 Å². The predicted octanol–water partition coefficient (Wildman–Crippen LogP) is 1.74. The lowest BCUT2D eigenvalue weighted by Crippen LogP contribution is -2.29. The maximum atomic E-state index is 9.72. The van der Waals surface area contributed by atoms with Crippen LogP contribution in [0, 0.1) is 5.92 Å². The van der Waals surface area contributed by atoms with Crippen molar-refractivity contribution in [3.8, 4) is 0 Å². The Bertz CT molecular complexity index is 289. The number of hydrogen-bond donors (Lipinski definition) is 1. The second-order valence-corrected chi connectivity index (χ2v) is 5.36. The fourth-order valence-corrected chi connectivity index (χ4v) is 2.95. The van der Waals surface area contributed by atoms with Gasteiger partial charge in [0.15, 0.2) is 0 Å². The number of thiazole rings is 1. The van der Waals surface area contributed by atoms with E-state index in [1.54, 1.807) is 11.3 Å². The molecule has 2 rings (SSSR count). The Morgan fingerprint density at radius 2 is 2.47 bits per heavy atom. The van der Waals surface area contributed by atoms with E-state index >= 15 is 0 Å². The molecule has 0 radical (unpaired) electrons. The molecular weight excluding hydrogens is 208 g/mol. The fourth-order valence-electron chi connectivity index (χ4n) is 2.26. The molecule has 1 aromatic heterocycles. The van der Waals surface area contributed by atoms with Crippen LogP contribution in [0.25, 0.3) is 0 Å². The molecule has 1 aliphatic rings.